The zero-order chi connectivity index (χ0) is 18.4. The summed E-state index contributed by atoms with van der Waals surface area (Å²) in [7, 11) is -4.85. The van der Waals surface area contributed by atoms with Gasteiger partial charge in [-0.15, -0.1) is 3.89 Å². The molecule has 0 fully saturated rings. The highest BCUT2D eigenvalue weighted by Crippen LogP contribution is 2.20. The second-order valence-electron chi connectivity index (χ2n) is 5.38. The first kappa shape index (κ1) is 18.6. The lowest BCUT2D eigenvalue weighted by Gasteiger charge is -2.18. The molecule has 2 amide bonds. The van der Waals surface area contributed by atoms with Crippen molar-refractivity contribution in [2.45, 2.75) is 24.3 Å². The summed E-state index contributed by atoms with van der Waals surface area (Å²) < 4.78 is 34.9. The fourth-order valence-electron chi connectivity index (χ4n) is 2.31. The van der Waals surface area contributed by atoms with E-state index in [1.54, 1.807) is 24.3 Å². The van der Waals surface area contributed by atoms with Crippen LogP contribution in [0, 0.1) is 0 Å². The van der Waals surface area contributed by atoms with Crippen molar-refractivity contribution in [3.63, 3.8) is 0 Å². The summed E-state index contributed by atoms with van der Waals surface area (Å²) in [5.41, 5.74) is 0.909. The molecule has 1 unspecified atom stereocenters. The number of rotatable bonds is 6. The van der Waals surface area contributed by atoms with Gasteiger partial charge in [0.25, 0.3) is 0 Å². The highest BCUT2D eigenvalue weighted by Gasteiger charge is 2.18. The average Bonchev–Trinajstić information content (AvgIpc) is 2.54. The van der Waals surface area contributed by atoms with Crippen LogP contribution in [0.1, 0.15) is 24.9 Å². The molecule has 0 aliphatic heterocycles. The van der Waals surface area contributed by atoms with Gasteiger partial charge in [0.05, 0.1) is 12.5 Å². The highest BCUT2D eigenvalue weighted by molar-refractivity contribution is 7.86. The number of anilines is 1. The molecule has 6 nitrogen and oxygen atoms in total. The van der Waals surface area contributed by atoms with E-state index in [0.717, 1.165) is 17.7 Å². The topological polar surface area (TPSA) is 92.3 Å². The molecule has 0 saturated carbocycles. The predicted octanol–water partition coefficient (Wildman–Crippen LogP) is 2.55. The summed E-state index contributed by atoms with van der Waals surface area (Å²) in [5, 5.41) is 5.20. The maximum atomic E-state index is 13.0. The molecule has 0 aromatic heterocycles. The number of amides is 2. The number of carbonyl (C=O) groups excluding carboxylic acids is 2. The third kappa shape index (κ3) is 5.68. The second kappa shape index (κ2) is 7.89. The lowest BCUT2D eigenvalue weighted by Crippen LogP contribution is -2.29. The second-order valence-corrected chi connectivity index (χ2v) is 6.73. The first-order valence-corrected chi connectivity index (χ1v) is 8.80. The number of benzene rings is 2. The molecule has 0 saturated heterocycles. The van der Waals surface area contributed by atoms with Crippen LogP contribution in [0.4, 0.5) is 9.57 Å². The number of hydrogen-bond donors (Lipinski definition) is 2. The molecule has 0 radical (unpaired) electrons. The minimum atomic E-state index is -4.85. The van der Waals surface area contributed by atoms with E-state index in [0.29, 0.717) is 0 Å². The van der Waals surface area contributed by atoms with E-state index in [2.05, 4.69) is 10.6 Å². The number of hydrogen-bond acceptors (Lipinski definition) is 4. The molecule has 8 heteroatoms. The van der Waals surface area contributed by atoms with Gasteiger partial charge < -0.3 is 10.6 Å². The molecule has 0 heterocycles. The Labute approximate surface area is 145 Å². The molecule has 2 aromatic rings. The van der Waals surface area contributed by atoms with Crippen molar-refractivity contribution in [3.8, 4) is 0 Å². The van der Waals surface area contributed by atoms with E-state index < -0.39 is 27.1 Å². The Balaban J connectivity index is 2.13. The predicted molar refractivity (Wildman–Crippen MR) is 91.0 cm³/mol. The van der Waals surface area contributed by atoms with E-state index >= 15 is 0 Å². The molecule has 25 heavy (non-hydrogen) atoms. The van der Waals surface area contributed by atoms with Gasteiger partial charge in [0, 0.05) is 12.6 Å². The number of halogens is 1. The van der Waals surface area contributed by atoms with E-state index in [1.807, 2.05) is 6.07 Å². The third-order valence-corrected chi connectivity index (χ3v) is 4.19. The van der Waals surface area contributed by atoms with E-state index in [9.17, 15) is 21.9 Å². The Kier molecular flexibility index (Phi) is 5.87. The van der Waals surface area contributed by atoms with Crippen molar-refractivity contribution in [3.05, 3.63) is 60.2 Å². The first-order valence-electron chi connectivity index (χ1n) is 7.42. The normalized spacial score (nSPS) is 12.2. The summed E-state index contributed by atoms with van der Waals surface area (Å²) in [6.07, 6.45) is -0.0593. The minimum Gasteiger partial charge on any atom is -0.349 e. The zero-order valence-corrected chi connectivity index (χ0v) is 14.2. The monoisotopic (exact) mass is 364 g/mol. The lowest BCUT2D eigenvalue weighted by atomic mass is 10.0. The fraction of sp³-hybridized carbons (Fsp3) is 0.176. The molecule has 0 aliphatic rings. The van der Waals surface area contributed by atoms with Crippen LogP contribution in [0.3, 0.4) is 0 Å². The van der Waals surface area contributed by atoms with Gasteiger partial charge in [0.2, 0.25) is 11.8 Å². The Morgan fingerprint density at radius 1 is 1.08 bits per heavy atom. The van der Waals surface area contributed by atoms with E-state index in [1.165, 1.54) is 19.1 Å². The Hall–Kier alpha value is -2.74. The van der Waals surface area contributed by atoms with Gasteiger partial charge in [-0.3, -0.25) is 9.59 Å². The first-order chi connectivity index (χ1) is 11.8. The van der Waals surface area contributed by atoms with Crippen LogP contribution in [0.2, 0.25) is 0 Å². The molecule has 132 valence electrons. The summed E-state index contributed by atoms with van der Waals surface area (Å²) in [6.45, 7) is 1.35. The number of nitrogens with one attached hydrogen (secondary N) is 2. The standard InChI is InChI=1S/C17H17FN2O4S/c1-12(21)19-16(13-6-3-2-4-7-13)11-17(22)20-14-8-5-9-15(10-14)25(18,23)24/h2-10,16H,11H2,1H3,(H,19,21)(H,20,22). The Morgan fingerprint density at radius 3 is 2.36 bits per heavy atom. The van der Waals surface area contributed by atoms with E-state index in [-0.39, 0.29) is 18.0 Å². The molecular weight excluding hydrogens is 347 g/mol. The van der Waals surface area contributed by atoms with Gasteiger partial charge in [0.1, 0.15) is 4.90 Å². The average molecular weight is 364 g/mol. The van der Waals surface area contributed by atoms with Gasteiger partial charge in [0.15, 0.2) is 0 Å². The van der Waals surface area contributed by atoms with Gasteiger partial charge in [-0.1, -0.05) is 36.4 Å². The van der Waals surface area contributed by atoms with Crippen LogP contribution in [-0.4, -0.2) is 20.2 Å². The zero-order valence-electron chi connectivity index (χ0n) is 13.4. The molecule has 2 aromatic carbocycles. The van der Waals surface area contributed by atoms with Gasteiger partial charge >= 0.3 is 10.2 Å². The molecule has 2 rings (SSSR count). The van der Waals surface area contributed by atoms with Crippen LogP contribution < -0.4 is 10.6 Å². The molecule has 0 spiro atoms. The summed E-state index contributed by atoms with van der Waals surface area (Å²) in [6, 6.07) is 13.3. The van der Waals surface area contributed by atoms with Gasteiger partial charge in [-0.05, 0) is 23.8 Å². The van der Waals surface area contributed by atoms with Crippen molar-refractivity contribution >= 4 is 27.7 Å². The molecule has 1 atom stereocenters. The van der Waals surface area contributed by atoms with Crippen molar-refractivity contribution in [2.24, 2.45) is 0 Å². The molecule has 0 aliphatic carbocycles. The maximum absolute atomic E-state index is 13.0. The quantitative estimate of drug-likeness (QED) is 0.771. The van der Waals surface area contributed by atoms with Crippen molar-refractivity contribution < 1.29 is 21.9 Å². The van der Waals surface area contributed by atoms with Crippen LogP contribution in [0.5, 0.6) is 0 Å². The smallest absolute Gasteiger partial charge is 0.332 e. The Bertz CT molecular complexity index is 869. The summed E-state index contributed by atoms with van der Waals surface area (Å²) in [4.78, 5) is 23.1. The van der Waals surface area contributed by atoms with Gasteiger partial charge in [-0.2, -0.15) is 8.42 Å². The van der Waals surface area contributed by atoms with Crippen LogP contribution in [0.25, 0.3) is 0 Å². The van der Waals surface area contributed by atoms with Crippen molar-refractivity contribution in [2.75, 3.05) is 5.32 Å². The molecule has 2 N–H and O–H groups in total. The Morgan fingerprint density at radius 2 is 1.76 bits per heavy atom. The van der Waals surface area contributed by atoms with E-state index in [4.69, 9.17) is 0 Å². The van der Waals surface area contributed by atoms with Gasteiger partial charge in [-0.25, -0.2) is 0 Å². The largest absolute Gasteiger partial charge is 0.349 e. The summed E-state index contributed by atoms with van der Waals surface area (Å²) in [5.74, 6) is -0.733. The maximum Gasteiger partial charge on any atom is 0.332 e. The third-order valence-electron chi connectivity index (χ3n) is 3.37. The molecular formula is C17H17FN2O4S. The minimum absolute atomic E-state index is 0.0593. The number of carbonyl (C=O) groups is 2. The van der Waals surface area contributed by atoms with Crippen LogP contribution in [-0.2, 0) is 19.8 Å². The fourth-order valence-corrected chi connectivity index (χ4v) is 2.81. The highest BCUT2D eigenvalue weighted by atomic mass is 32.3. The van der Waals surface area contributed by atoms with Crippen LogP contribution >= 0.6 is 0 Å². The van der Waals surface area contributed by atoms with Crippen LogP contribution in [0.15, 0.2) is 59.5 Å². The lowest BCUT2D eigenvalue weighted by molar-refractivity contribution is -0.120. The summed E-state index contributed by atoms with van der Waals surface area (Å²) >= 11 is 0. The van der Waals surface area contributed by atoms with Crippen molar-refractivity contribution in [1.29, 1.82) is 0 Å². The SMILES string of the molecule is CC(=O)NC(CC(=O)Nc1cccc(S(=O)(=O)F)c1)c1ccccc1. The van der Waals surface area contributed by atoms with Crippen molar-refractivity contribution in [1.82, 2.24) is 5.32 Å². The molecule has 0 bridgehead atoms.